The third kappa shape index (κ3) is 4.73. The maximum absolute atomic E-state index is 12.0. The number of hydrogen-bond donors (Lipinski definition) is 1. The lowest BCUT2D eigenvalue weighted by molar-refractivity contribution is 0.0452. The summed E-state index contributed by atoms with van der Waals surface area (Å²) in [6.07, 6.45) is 1.59. The smallest absolute Gasteiger partial charge is 0.407 e. The van der Waals surface area contributed by atoms with Gasteiger partial charge in [0, 0.05) is 18.6 Å². The number of amides is 1. The van der Waals surface area contributed by atoms with Gasteiger partial charge in [-0.3, -0.25) is 4.90 Å². The van der Waals surface area contributed by atoms with E-state index in [1.54, 1.807) is 0 Å². The fraction of sp³-hybridized carbons (Fsp3) is 0.611. The zero-order valence-corrected chi connectivity index (χ0v) is 14.1. The molecule has 1 heterocycles. The number of piperidine rings is 1. The van der Waals surface area contributed by atoms with Gasteiger partial charge in [-0.25, -0.2) is 4.79 Å². The summed E-state index contributed by atoms with van der Waals surface area (Å²) in [5.41, 5.74) is 0.868. The highest BCUT2D eigenvalue weighted by Gasteiger charge is 2.30. The van der Waals surface area contributed by atoms with Gasteiger partial charge in [0.2, 0.25) is 0 Å². The van der Waals surface area contributed by atoms with Crippen LogP contribution in [0.2, 0.25) is 0 Å². The van der Waals surface area contributed by atoms with E-state index in [0.29, 0.717) is 6.04 Å². The molecule has 4 heteroatoms. The van der Waals surface area contributed by atoms with Crippen molar-refractivity contribution in [2.24, 2.45) is 0 Å². The number of nitrogens with one attached hydrogen (secondary N) is 1. The summed E-state index contributed by atoms with van der Waals surface area (Å²) < 4.78 is 5.37. The number of likely N-dealkylation sites (tertiary alicyclic amines) is 1. The molecule has 1 saturated heterocycles. The molecule has 2 rings (SSSR count). The van der Waals surface area contributed by atoms with E-state index >= 15 is 0 Å². The maximum atomic E-state index is 12.0. The molecule has 4 nitrogen and oxygen atoms in total. The molecule has 0 radical (unpaired) electrons. The van der Waals surface area contributed by atoms with Crippen molar-refractivity contribution in [3.8, 4) is 0 Å². The lowest BCUT2D eigenvalue weighted by atomic mass is 9.92. The maximum Gasteiger partial charge on any atom is 0.407 e. The van der Waals surface area contributed by atoms with E-state index in [0.717, 1.165) is 25.9 Å². The van der Waals surface area contributed by atoms with Crippen LogP contribution in [0, 0.1) is 0 Å². The van der Waals surface area contributed by atoms with Crippen molar-refractivity contribution in [1.29, 1.82) is 0 Å². The molecule has 1 aliphatic heterocycles. The Labute approximate surface area is 133 Å². The SMILES string of the molecule is CCN1CCC(NC(=O)OC(C)(C)C)CC1c1ccccc1. The monoisotopic (exact) mass is 304 g/mol. The highest BCUT2D eigenvalue weighted by molar-refractivity contribution is 5.68. The van der Waals surface area contributed by atoms with Crippen molar-refractivity contribution in [3.63, 3.8) is 0 Å². The summed E-state index contributed by atoms with van der Waals surface area (Å²) in [5.74, 6) is 0. The van der Waals surface area contributed by atoms with E-state index in [-0.39, 0.29) is 12.1 Å². The number of rotatable bonds is 3. The molecule has 2 unspecified atom stereocenters. The fourth-order valence-corrected chi connectivity index (χ4v) is 3.02. The Morgan fingerprint density at radius 2 is 2.00 bits per heavy atom. The van der Waals surface area contributed by atoms with Crippen LogP contribution >= 0.6 is 0 Å². The summed E-state index contributed by atoms with van der Waals surface area (Å²) in [5, 5.41) is 3.03. The highest BCUT2D eigenvalue weighted by Crippen LogP contribution is 2.30. The molecule has 0 saturated carbocycles. The summed E-state index contributed by atoms with van der Waals surface area (Å²) in [6, 6.07) is 11.1. The van der Waals surface area contributed by atoms with Gasteiger partial charge in [0.05, 0.1) is 0 Å². The lowest BCUT2D eigenvalue weighted by Gasteiger charge is -2.39. The minimum absolute atomic E-state index is 0.169. The largest absolute Gasteiger partial charge is 0.444 e. The molecule has 122 valence electrons. The Morgan fingerprint density at radius 1 is 1.32 bits per heavy atom. The molecule has 0 spiro atoms. The Kier molecular flexibility index (Phi) is 5.46. The number of benzene rings is 1. The summed E-state index contributed by atoms with van der Waals surface area (Å²) in [6.45, 7) is 9.88. The van der Waals surface area contributed by atoms with Gasteiger partial charge >= 0.3 is 6.09 Å². The predicted octanol–water partition coefficient (Wildman–Crippen LogP) is 3.74. The minimum atomic E-state index is -0.451. The standard InChI is InChI=1S/C18H28N2O2/c1-5-20-12-11-15(19-17(21)22-18(2,3)4)13-16(20)14-9-7-6-8-10-14/h6-10,15-16H,5,11-13H2,1-4H3,(H,19,21). The Morgan fingerprint density at radius 3 is 2.59 bits per heavy atom. The quantitative estimate of drug-likeness (QED) is 0.925. The van der Waals surface area contributed by atoms with Crippen LogP contribution in [0.15, 0.2) is 30.3 Å². The average molecular weight is 304 g/mol. The van der Waals surface area contributed by atoms with Crippen LogP contribution in [0.5, 0.6) is 0 Å². The van der Waals surface area contributed by atoms with Gasteiger partial charge < -0.3 is 10.1 Å². The molecule has 1 aromatic rings. The molecule has 2 atom stereocenters. The third-order valence-corrected chi connectivity index (χ3v) is 4.02. The van der Waals surface area contributed by atoms with Crippen LogP contribution in [-0.2, 0) is 4.74 Å². The first-order valence-corrected chi connectivity index (χ1v) is 8.17. The zero-order valence-electron chi connectivity index (χ0n) is 14.1. The summed E-state index contributed by atoms with van der Waals surface area (Å²) in [7, 11) is 0. The van der Waals surface area contributed by atoms with Gasteiger partial charge in [-0.05, 0) is 45.7 Å². The van der Waals surface area contributed by atoms with Crippen molar-refractivity contribution in [2.45, 2.75) is 58.2 Å². The number of hydrogen-bond acceptors (Lipinski definition) is 3. The van der Waals surface area contributed by atoms with Crippen molar-refractivity contribution in [1.82, 2.24) is 10.2 Å². The highest BCUT2D eigenvalue weighted by atomic mass is 16.6. The van der Waals surface area contributed by atoms with Crippen LogP contribution in [-0.4, -0.2) is 35.7 Å². The van der Waals surface area contributed by atoms with Gasteiger partial charge in [0.15, 0.2) is 0 Å². The normalized spacial score (nSPS) is 23.1. The molecule has 22 heavy (non-hydrogen) atoms. The molecule has 0 aliphatic carbocycles. The zero-order chi connectivity index (χ0) is 16.2. The van der Waals surface area contributed by atoms with Crippen molar-refractivity contribution >= 4 is 6.09 Å². The van der Waals surface area contributed by atoms with Crippen LogP contribution in [0.25, 0.3) is 0 Å². The molecular weight excluding hydrogens is 276 g/mol. The molecule has 0 aromatic heterocycles. The second-order valence-corrected chi connectivity index (χ2v) is 6.92. The molecule has 1 aromatic carbocycles. The first-order chi connectivity index (χ1) is 10.4. The topological polar surface area (TPSA) is 41.6 Å². The molecule has 1 N–H and O–H groups in total. The second-order valence-electron chi connectivity index (χ2n) is 6.92. The average Bonchev–Trinajstić information content (AvgIpc) is 2.46. The fourth-order valence-electron chi connectivity index (χ4n) is 3.02. The Balaban J connectivity index is 2.00. The Hall–Kier alpha value is -1.55. The van der Waals surface area contributed by atoms with Crippen molar-refractivity contribution in [2.75, 3.05) is 13.1 Å². The van der Waals surface area contributed by atoms with Gasteiger partial charge in [0.1, 0.15) is 5.60 Å². The minimum Gasteiger partial charge on any atom is -0.444 e. The number of ether oxygens (including phenoxy) is 1. The molecule has 1 fully saturated rings. The summed E-state index contributed by atoms with van der Waals surface area (Å²) in [4.78, 5) is 14.4. The van der Waals surface area contributed by atoms with Crippen molar-refractivity contribution < 1.29 is 9.53 Å². The van der Waals surface area contributed by atoms with E-state index in [1.807, 2.05) is 26.8 Å². The van der Waals surface area contributed by atoms with E-state index in [1.165, 1.54) is 5.56 Å². The number of nitrogens with zero attached hydrogens (tertiary/aromatic N) is 1. The van der Waals surface area contributed by atoms with Crippen LogP contribution in [0.4, 0.5) is 4.79 Å². The molecule has 1 aliphatic rings. The van der Waals surface area contributed by atoms with E-state index in [9.17, 15) is 4.79 Å². The van der Waals surface area contributed by atoms with E-state index in [2.05, 4.69) is 41.4 Å². The van der Waals surface area contributed by atoms with Gasteiger partial charge in [0.25, 0.3) is 0 Å². The number of alkyl carbamates (subject to hydrolysis) is 1. The van der Waals surface area contributed by atoms with E-state index in [4.69, 9.17) is 4.74 Å². The van der Waals surface area contributed by atoms with Gasteiger partial charge in [-0.2, -0.15) is 0 Å². The summed E-state index contributed by atoms with van der Waals surface area (Å²) >= 11 is 0. The number of carbonyl (C=O) groups is 1. The van der Waals surface area contributed by atoms with Gasteiger partial charge in [-0.1, -0.05) is 37.3 Å². The molecule has 0 bridgehead atoms. The van der Waals surface area contributed by atoms with Gasteiger partial charge in [-0.15, -0.1) is 0 Å². The second kappa shape index (κ2) is 7.14. The molecule has 1 amide bonds. The van der Waals surface area contributed by atoms with E-state index < -0.39 is 5.60 Å². The molecular formula is C18H28N2O2. The third-order valence-electron chi connectivity index (χ3n) is 4.02. The van der Waals surface area contributed by atoms with Crippen molar-refractivity contribution in [3.05, 3.63) is 35.9 Å². The van der Waals surface area contributed by atoms with Crippen LogP contribution in [0.3, 0.4) is 0 Å². The van der Waals surface area contributed by atoms with Crippen LogP contribution in [0.1, 0.15) is 52.1 Å². The van der Waals surface area contributed by atoms with Crippen LogP contribution < -0.4 is 5.32 Å². The Bertz CT molecular complexity index is 482. The lowest BCUT2D eigenvalue weighted by Crippen LogP contribution is -2.47. The predicted molar refractivity (Wildman–Crippen MR) is 88.8 cm³/mol. The first-order valence-electron chi connectivity index (χ1n) is 8.17. The number of carbonyl (C=O) groups excluding carboxylic acids is 1. The first kappa shape index (κ1) is 16.8.